The number of fused-ring (bicyclic) bond motifs is 2. The molecule has 3 aromatic heterocycles. The number of para-hydroxylation sites is 4. The van der Waals surface area contributed by atoms with Gasteiger partial charge in [-0.3, -0.25) is 9.59 Å². The zero-order valence-electron chi connectivity index (χ0n) is 32.1. The van der Waals surface area contributed by atoms with Crippen LogP contribution in [0.2, 0.25) is 0 Å². The second-order valence-electron chi connectivity index (χ2n) is 13.9. The lowest BCUT2D eigenvalue weighted by Crippen LogP contribution is -2.31. The molecule has 0 aliphatic carbocycles. The van der Waals surface area contributed by atoms with Gasteiger partial charge in [0.05, 0.1) is 56.9 Å². The Balaban J connectivity index is 1.33. The summed E-state index contributed by atoms with van der Waals surface area (Å²) in [4.78, 5) is 51.7. The van der Waals surface area contributed by atoms with Gasteiger partial charge in [-0.05, 0) is 60.4 Å². The SMILES string of the molecule is COc1ccccc1C(=O)NC1=N/C(=N\c2[nH]c(NC(=O)c3ccccc3OC)c(-c3nc4ccccc4s3)c2C(C)C)C(C(C)C)=C1c1nc2ccccc2s1. The minimum atomic E-state index is -0.378. The summed E-state index contributed by atoms with van der Waals surface area (Å²) in [6.07, 6.45) is 0. The Hall–Kier alpha value is -6.44. The van der Waals surface area contributed by atoms with Crippen molar-refractivity contribution in [2.45, 2.75) is 33.6 Å². The van der Waals surface area contributed by atoms with Crippen molar-refractivity contribution >= 4 is 83.8 Å². The van der Waals surface area contributed by atoms with Crippen LogP contribution in [0.1, 0.15) is 64.9 Å². The second kappa shape index (κ2) is 15.6. The molecule has 4 heterocycles. The van der Waals surface area contributed by atoms with Gasteiger partial charge in [-0.15, -0.1) is 22.7 Å². The third-order valence-electron chi connectivity index (χ3n) is 9.54. The smallest absolute Gasteiger partial charge is 0.260 e. The van der Waals surface area contributed by atoms with E-state index in [1.807, 2.05) is 60.7 Å². The van der Waals surface area contributed by atoms with Crippen molar-refractivity contribution in [1.82, 2.24) is 20.3 Å². The van der Waals surface area contributed by atoms with Crippen molar-refractivity contribution in [3.05, 3.63) is 124 Å². The number of rotatable bonds is 10. The van der Waals surface area contributed by atoms with Gasteiger partial charge in [0, 0.05) is 11.1 Å². The van der Waals surface area contributed by atoms with E-state index >= 15 is 0 Å². The molecule has 1 aliphatic rings. The number of ether oxygens (including phenoxy) is 2. The predicted molar refractivity (Wildman–Crippen MR) is 231 cm³/mol. The first-order valence-corrected chi connectivity index (χ1v) is 20.1. The first-order chi connectivity index (χ1) is 27.6. The monoisotopic (exact) mass is 793 g/mol. The molecule has 57 heavy (non-hydrogen) atoms. The van der Waals surface area contributed by atoms with E-state index in [9.17, 15) is 9.59 Å². The molecule has 4 aromatic carbocycles. The van der Waals surface area contributed by atoms with E-state index in [0.29, 0.717) is 56.5 Å². The fourth-order valence-electron chi connectivity index (χ4n) is 6.95. The van der Waals surface area contributed by atoms with Gasteiger partial charge < -0.3 is 25.1 Å². The van der Waals surface area contributed by atoms with Crippen LogP contribution in [0.4, 0.5) is 11.6 Å². The third kappa shape index (κ3) is 7.11. The third-order valence-corrected chi connectivity index (χ3v) is 11.7. The number of methoxy groups -OCH3 is 2. The summed E-state index contributed by atoms with van der Waals surface area (Å²) in [6.45, 7) is 8.31. The number of hydrogen-bond acceptors (Lipinski definition) is 9. The van der Waals surface area contributed by atoms with Crippen molar-refractivity contribution in [1.29, 1.82) is 0 Å². The number of aliphatic imine (C=N–C) groups is 2. The van der Waals surface area contributed by atoms with Gasteiger partial charge in [0.25, 0.3) is 11.8 Å². The van der Waals surface area contributed by atoms with E-state index in [4.69, 9.17) is 29.4 Å². The van der Waals surface area contributed by atoms with Crippen LogP contribution in [0.15, 0.2) is 113 Å². The molecule has 7 aromatic rings. The summed E-state index contributed by atoms with van der Waals surface area (Å²) < 4.78 is 13.1. The normalized spacial score (nSPS) is 13.6. The van der Waals surface area contributed by atoms with Crippen LogP contribution in [0.5, 0.6) is 11.5 Å². The molecule has 8 rings (SSSR count). The number of aromatic amines is 1. The molecule has 0 saturated heterocycles. The summed E-state index contributed by atoms with van der Waals surface area (Å²) in [7, 11) is 3.07. The average Bonchev–Trinajstić information content (AvgIpc) is 4.00. The summed E-state index contributed by atoms with van der Waals surface area (Å²) >= 11 is 3.07. The van der Waals surface area contributed by atoms with Crippen LogP contribution >= 0.6 is 22.7 Å². The Morgan fingerprint density at radius 2 is 1.21 bits per heavy atom. The molecule has 3 N–H and O–H groups in total. The van der Waals surface area contributed by atoms with Gasteiger partial charge in [-0.2, -0.15) is 0 Å². The lowest BCUT2D eigenvalue weighted by molar-refractivity contribution is 0.0973. The highest BCUT2D eigenvalue weighted by Crippen LogP contribution is 2.46. The molecule has 13 heteroatoms. The standard InChI is InChI=1S/C44H39N7O4S2/c1-23(2)33-35(43-45-27-17-9-13-21-31(27)56-43)39(50-41(52)25-15-7-11-19-29(25)54-5)48-37(33)47-38-34(24(3)4)36(44-46-28-18-10-14-22-32(28)57-44)40(49-38)51-42(53)26-16-8-12-20-30(26)55-6/h7-24,48H,1-6H3,(H,50,52)(H,47,49,51,53). The first kappa shape index (κ1) is 37.5. The lowest BCUT2D eigenvalue weighted by Gasteiger charge is -2.13. The quantitative estimate of drug-likeness (QED) is 0.126. The number of hydrogen-bond donors (Lipinski definition) is 3. The van der Waals surface area contributed by atoms with Crippen LogP contribution in [0.3, 0.4) is 0 Å². The highest BCUT2D eigenvalue weighted by atomic mass is 32.1. The average molecular weight is 794 g/mol. The number of carbonyl (C=O) groups excluding carboxylic acids is 2. The van der Waals surface area contributed by atoms with Gasteiger partial charge in [-0.1, -0.05) is 76.2 Å². The van der Waals surface area contributed by atoms with Crippen molar-refractivity contribution in [3.8, 4) is 22.1 Å². The maximum Gasteiger partial charge on any atom is 0.260 e. The molecule has 0 saturated carbocycles. The molecule has 0 unspecified atom stereocenters. The van der Waals surface area contributed by atoms with Gasteiger partial charge in [0.15, 0.2) is 5.84 Å². The molecule has 0 atom stereocenters. The predicted octanol–water partition coefficient (Wildman–Crippen LogP) is 10.3. The number of carbonyl (C=O) groups is 2. The van der Waals surface area contributed by atoms with Gasteiger partial charge >= 0.3 is 0 Å². The molecule has 0 radical (unpaired) electrons. The Morgan fingerprint density at radius 1 is 0.684 bits per heavy atom. The number of amidine groups is 2. The number of thiazole rings is 2. The van der Waals surface area contributed by atoms with Gasteiger partial charge in [0.1, 0.15) is 39.0 Å². The molecule has 0 spiro atoms. The zero-order valence-corrected chi connectivity index (χ0v) is 33.8. The Kier molecular flexibility index (Phi) is 10.3. The largest absolute Gasteiger partial charge is 0.496 e. The zero-order chi connectivity index (χ0) is 39.8. The highest BCUT2D eigenvalue weighted by Gasteiger charge is 2.34. The van der Waals surface area contributed by atoms with Crippen molar-refractivity contribution in [2.24, 2.45) is 15.9 Å². The number of amides is 2. The van der Waals surface area contributed by atoms with Crippen LogP contribution in [0.25, 0.3) is 36.6 Å². The fourth-order valence-corrected chi connectivity index (χ4v) is 9.01. The van der Waals surface area contributed by atoms with Crippen molar-refractivity contribution < 1.29 is 19.1 Å². The van der Waals surface area contributed by atoms with Crippen molar-refractivity contribution in [3.63, 3.8) is 0 Å². The topological polar surface area (TPSA) is 143 Å². The number of anilines is 1. The Bertz CT molecular complexity index is 2720. The Labute approximate surface area is 337 Å². The maximum absolute atomic E-state index is 14.0. The van der Waals surface area contributed by atoms with Gasteiger partial charge in [0.2, 0.25) is 0 Å². The van der Waals surface area contributed by atoms with E-state index in [0.717, 1.165) is 42.1 Å². The summed E-state index contributed by atoms with van der Waals surface area (Å²) in [5.74, 6) is 1.71. The summed E-state index contributed by atoms with van der Waals surface area (Å²) in [6, 6.07) is 30.0. The molecule has 0 fully saturated rings. The van der Waals surface area contributed by atoms with E-state index in [2.05, 4.69) is 43.3 Å². The van der Waals surface area contributed by atoms with E-state index < -0.39 is 0 Å². The maximum atomic E-state index is 14.0. The molecule has 2 amide bonds. The van der Waals surface area contributed by atoms with E-state index in [1.54, 1.807) is 36.4 Å². The van der Waals surface area contributed by atoms with Crippen LogP contribution < -0.4 is 20.1 Å². The second-order valence-corrected chi connectivity index (χ2v) is 16.0. The number of nitrogens with one attached hydrogen (secondary N) is 3. The number of benzene rings is 4. The van der Waals surface area contributed by atoms with Crippen molar-refractivity contribution in [2.75, 3.05) is 19.5 Å². The molecule has 286 valence electrons. The van der Waals surface area contributed by atoms with Gasteiger partial charge in [-0.25, -0.2) is 20.0 Å². The van der Waals surface area contributed by atoms with Crippen LogP contribution in [-0.2, 0) is 0 Å². The summed E-state index contributed by atoms with van der Waals surface area (Å²) in [5, 5.41) is 7.65. The van der Waals surface area contributed by atoms with Crippen LogP contribution in [-0.4, -0.2) is 52.7 Å². The first-order valence-electron chi connectivity index (χ1n) is 18.4. The number of nitrogens with zero attached hydrogens (tertiary/aromatic N) is 4. The molecule has 0 bridgehead atoms. The number of H-pyrrole nitrogens is 1. The fraction of sp³-hybridized carbons (Fsp3) is 0.182. The minimum absolute atomic E-state index is 0.0650. The van der Waals surface area contributed by atoms with E-state index in [-0.39, 0.29) is 23.7 Å². The molecule has 11 nitrogen and oxygen atoms in total. The minimum Gasteiger partial charge on any atom is -0.496 e. The number of aromatic nitrogens is 3. The van der Waals surface area contributed by atoms with E-state index in [1.165, 1.54) is 36.9 Å². The molecule has 1 aliphatic heterocycles. The molecular formula is C44H39N7O4S2. The highest BCUT2D eigenvalue weighted by molar-refractivity contribution is 7.21. The van der Waals surface area contributed by atoms with Crippen LogP contribution in [0, 0.1) is 5.92 Å². The Morgan fingerprint density at radius 3 is 1.77 bits per heavy atom. The lowest BCUT2D eigenvalue weighted by atomic mass is 9.97. The molecular weight excluding hydrogens is 755 g/mol. The summed E-state index contributed by atoms with van der Waals surface area (Å²) in [5.41, 5.74) is 5.54.